The van der Waals surface area contributed by atoms with Crippen LogP contribution in [0, 0.1) is 0 Å². The minimum absolute atomic E-state index is 0.0813. The van der Waals surface area contributed by atoms with E-state index >= 15 is 0 Å². The minimum Gasteiger partial charge on any atom is -0.478 e. The lowest BCUT2D eigenvalue weighted by atomic mass is 10.0. The summed E-state index contributed by atoms with van der Waals surface area (Å²) in [6.07, 6.45) is -2.04. The molecular weight excluding hydrogens is 257 g/mol. The maximum Gasteiger partial charge on any atom is 0.417 e. The summed E-state index contributed by atoms with van der Waals surface area (Å²) in [5.74, 6) is -1.32. The first-order valence-corrected chi connectivity index (χ1v) is 5.06. The Morgan fingerprint density at radius 3 is 2.53 bits per heavy atom. The summed E-state index contributed by atoms with van der Waals surface area (Å²) in [7, 11) is 0. The number of aromatic carboxylic acids is 1. The van der Waals surface area contributed by atoms with E-state index in [0.717, 1.165) is 12.1 Å². The SMILES string of the molecule is O=C(O)c1ccc(C=CCCl)c(C(F)(F)F)c1. The van der Waals surface area contributed by atoms with E-state index in [-0.39, 0.29) is 11.4 Å². The molecule has 1 aromatic carbocycles. The first-order chi connectivity index (χ1) is 7.86. The van der Waals surface area contributed by atoms with Crippen molar-refractivity contribution in [1.29, 1.82) is 0 Å². The van der Waals surface area contributed by atoms with Crippen LogP contribution in [0.25, 0.3) is 6.08 Å². The zero-order chi connectivity index (χ0) is 13.1. The summed E-state index contributed by atoms with van der Waals surface area (Å²) in [4.78, 5) is 10.6. The smallest absolute Gasteiger partial charge is 0.417 e. The molecule has 0 atom stereocenters. The zero-order valence-electron chi connectivity index (χ0n) is 8.46. The molecule has 2 nitrogen and oxygen atoms in total. The van der Waals surface area contributed by atoms with Gasteiger partial charge in [-0.25, -0.2) is 4.79 Å². The molecule has 1 aromatic rings. The second kappa shape index (κ2) is 5.23. The standard InChI is InChI=1S/C11H8ClF3O2/c12-5-1-2-7-3-4-8(10(16)17)6-9(7)11(13,14)15/h1-4,6H,5H2,(H,16,17). The quantitative estimate of drug-likeness (QED) is 0.846. The van der Waals surface area contributed by atoms with Crippen LogP contribution in [-0.4, -0.2) is 17.0 Å². The number of rotatable bonds is 3. The fourth-order valence-electron chi connectivity index (χ4n) is 1.25. The van der Waals surface area contributed by atoms with Crippen molar-refractivity contribution in [1.82, 2.24) is 0 Å². The fourth-order valence-corrected chi connectivity index (χ4v) is 1.34. The topological polar surface area (TPSA) is 37.3 Å². The monoisotopic (exact) mass is 264 g/mol. The van der Waals surface area contributed by atoms with Crippen LogP contribution in [0.3, 0.4) is 0 Å². The number of benzene rings is 1. The summed E-state index contributed by atoms with van der Waals surface area (Å²) >= 11 is 5.34. The molecule has 1 N–H and O–H groups in total. The normalized spacial score (nSPS) is 12.0. The lowest BCUT2D eigenvalue weighted by molar-refractivity contribution is -0.137. The zero-order valence-corrected chi connectivity index (χ0v) is 9.22. The molecule has 0 radical (unpaired) electrons. The highest BCUT2D eigenvalue weighted by atomic mass is 35.5. The predicted octanol–water partition coefficient (Wildman–Crippen LogP) is 3.66. The van der Waals surface area contributed by atoms with Gasteiger partial charge in [-0.3, -0.25) is 0 Å². The van der Waals surface area contributed by atoms with Crippen LogP contribution in [0.1, 0.15) is 21.5 Å². The molecule has 0 heterocycles. The van der Waals surface area contributed by atoms with Gasteiger partial charge < -0.3 is 5.11 Å². The van der Waals surface area contributed by atoms with E-state index in [1.165, 1.54) is 12.2 Å². The van der Waals surface area contributed by atoms with Crippen molar-refractivity contribution in [3.05, 3.63) is 41.0 Å². The number of carboxylic acid groups (broad SMARTS) is 1. The number of hydrogen-bond donors (Lipinski definition) is 1. The van der Waals surface area contributed by atoms with E-state index in [4.69, 9.17) is 16.7 Å². The molecule has 1 rings (SSSR count). The Bertz CT molecular complexity index is 453. The maximum atomic E-state index is 12.7. The lowest BCUT2D eigenvalue weighted by Crippen LogP contribution is -2.09. The van der Waals surface area contributed by atoms with Crippen molar-refractivity contribution in [2.75, 3.05) is 5.88 Å². The lowest BCUT2D eigenvalue weighted by Gasteiger charge is -2.11. The largest absolute Gasteiger partial charge is 0.478 e. The highest BCUT2D eigenvalue weighted by Crippen LogP contribution is 2.33. The number of alkyl halides is 4. The first kappa shape index (κ1) is 13.6. The Morgan fingerprint density at radius 1 is 1.41 bits per heavy atom. The van der Waals surface area contributed by atoms with Crippen molar-refractivity contribution >= 4 is 23.6 Å². The van der Waals surface area contributed by atoms with Crippen LogP contribution in [0.15, 0.2) is 24.3 Å². The van der Waals surface area contributed by atoms with Gasteiger partial charge in [-0.15, -0.1) is 11.6 Å². The molecule has 0 aliphatic rings. The third kappa shape index (κ3) is 3.49. The van der Waals surface area contributed by atoms with Crippen LogP contribution in [0.5, 0.6) is 0 Å². The van der Waals surface area contributed by atoms with Crippen molar-refractivity contribution in [3.63, 3.8) is 0 Å². The van der Waals surface area contributed by atoms with Gasteiger partial charge in [0.15, 0.2) is 0 Å². The number of carbonyl (C=O) groups is 1. The van der Waals surface area contributed by atoms with Gasteiger partial charge in [-0.2, -0.15) is 13.2 Å². The van der Waals surface area contributed by atoms with Crippen molar-refractivity contribution in [2.24, 2.45) is 0 Å². The van der Waals surface area contributed by atoms with Crippen LogP contribution in [-0.2, 0) is 6.18 Å². The molecule has 6 heteroatoms. The molecule has 0 saturated heterocycles. The summed E-state index contributed by atoms with van der Waals surface area (Å²) in [5, 5.41) is 8.64. The van der Waals surface area contributed by atoms with Gasteiger partial charge in [0, 0.05) is 5.88 Å². The van der Waals surface area contributed by atoms with Crippen LogP contribution < -0.4 is 0 Å². The van der Waals surface area contributed by atoms with Gasteiger partial charge in [-0.05, 0) is 17.7 Å². The predicted molar refractivity (Wildman–Crippen MR) is 58.2 cm³/mol. The minimum atomic E-state index is -4.60. The van der Waals surface area contributed by atoms with E-state index in [1.54, 1.807) is 0 Å². The van der Waals surface area contributed by atoms with E-state index in [0.29, 0.717) is 6.07 Å². The second-order valence-corrected chi connectivity index (χ2v) is 3.47. The third-order valence-electron chi connectivity index (χ3n) is 1.99. The van der Waals surface area contributed by atoms with Gasteiger partial charge in [0.05, 0.1) is 11.1 Å². The van der Waals surface area contributed by atoms with Gasteiger partial charge in [0.25, 0.3) is 0 Å². The summed E-state index contributed by atoms with van der Waals surface area (Å²) in [6, 6.07) is 2.83. The molecule has 0 unspecified atom stereocenters. The van der Waals surface area contributed by atoms with E-state index < -0.39 is 23.3 Å². The molecular formula is C11H8ClF3O2. The number of carboxylic acids is 1. The van der Waals surface area contributed by atoms with E-state index in [1.807, 2.05) is 0 Å². The molecule has 0 aromatic heterocycles. The average Bonchev–Trinajstić information content (AvgIpc) is 2.24. The summed E-state index contributed by atoms with van der Waals surface area (Å²) in [5.41, 5.74) is -1.50. The molecule has 0 amide bonds. The van der Waals surface area contributed by atoms with Gasteiger partial charge in [0.2, 0.25) is 0 Å². The Labute approximate surface area is 100 Å². The first-order valence-electron chi connectivity index (χ1n) is 4.53. The molecule has 92 valence electrons. The van der Waals surface area contributed by atoms with Crippen molar-refractivity contribution < 1.29 is 23.1 Å². The Morgan fingerprint density at radius 2 is 2.06 bits per heavy atom. The van der Waals surface area contributed by atoms with Gasteiger partial charge in [0.1, 0.15) is 0 Å². The number of halogens is 4. The summed E-state index contributed by atoms with van der Waals surface area (Å²) in [6.45, 7) is 0. The second-order valence-electron chi connectivity index (χ2n) is 3.16. The van der Waals surface area contributed by atoms with Crippen molar-refractivity contribution in [2.45, 2.75) is 6.18 Å². The highest BCUT2D eigenvalue weighted by Gasteiger charge is 2.33. The molecule has 0 spiro atoms. The Kier molecular flexibility index (Phi) is 4.17. The summed E-state index contributed by atoms with van der Waals surface area (Å²) < 4.78 is 38.0. The van der Waals surface area contributed by atoms with Crippen LogP contribution in [0.2, 0.25) is 0 Å². The van der Waals surface area contributed by atoms with E-state index in [2.05, 4.69) is 0 Å². The Balaban J connectivity index is 3.32. The molecule has 0 aliphatic heterocycles. The molecule has 0 saturated carbocycles. The maximum absolute atomic E-state index is 12.7. The van der Waals surface area contributed by atoms with Crippen molar-refractivity contribution in [3.8, 4) is 0 Å². The van der Waals surface area contributed by atoms with Gasteiger partial charge >= 0.3 is 12.1 Å². The van der Waals surface area contributed by atoms with Crippen LogP contribution >= 0.6 is 11.6 Å². The Hall–Kier alpha value is -1.49. The highest BCUT2D eigenvalue weighted by molar-refractivity contribution is 6.19. The van der Waals surface area contributed by atoms with E-state index in [9.17, 15) is 18.0 Å². The molecule has 17 heavy (non-hydrogen) atoms. The average molecular weight is 265 g/mol. The van der Waals surface area contributed by atoms with Crippen LogP contribution in [0.4, 0.5) is 13.2 Å². The fraction of sp³-hybridized carbons (Fsp3) is 0.182. The molecule has 0 aliphatic carbocycles. The number of hydrogen-bond acceptors (Lipinski definition) is 1. The van der Waals surface area contributed by atoms with Gasteiger partial charge in [-0.1, -0.05) is 18.2 Å². The number of allylic oxidation sites excluding steroid dienone is 1. The third-order valence-corrected chi connectivity index (χ3v) is 2.17. The molecule has 0 fully saturated rings. The molecule has 0 bridgehead atoms.